The van der Waals surface area contributed by atoms with Crippen LogP contribution in [0.25, 0.3) is 0 Å². The number of hydrogen-bond acceptors (Lipinski definition) is 6. The number of hydrogen-bond donors (Lipinski definition) is 0. The van der Waals surface area contributed by atoms with Crippen LogP contribution in [-0.4, -0.2) is 53.3 Å². The fourth-order valence-electron chi connectivity index (χ4n) is 4.44. The molecule has 0 spiro atoms. The number of fused-ring (bicyclic) bond motifs is 2. The van der Waals surface area contributed by atoms with E-state index in [9.17, 15) is 9.59 Å². The molecule has 3 aromatic rings. The lowest BCUT2D eigenvalue weighted by atomic mass is 10.1. The summed E-state index contributed by atoms with van der Waals surface area (Å²) in [6.45, 7) is 6.26. The van der Waals surface area contributed by atoms with E-state index in [4.69, 9.17) is 26.2 Å². The van der Waals surface area contributed by atoms with Crippen molar-refractivity contribution in [3.8, 4) is 11.5 Å². The predicted molar refractivity (Wildman–Crippen MR) is 128 cm³/mol. The SMILES string of the molecule is Cc1nn(Cc2ccccc2Cl)c(C)c1CN(C)CN1C(=O)C(=O)c2cc3c(cc21)OCCO3. The van der Waals surface area contributed by atoms with Gasteiger partial charge in [0, 0.05) is 28.9 Å². The van der Waals surface area contributed by atoms with Crippen LogP contribution >= 0.6 is 11.6 Å². The third-order valence-corrected chi connectivity index (χ3v) is 6.62. The van der Waals surface area contributed by atoms with E-state index < -0.39 is 11.7 Å². The molecule has 0 N–H and O–H groups in total. The largest absolute Gasteiger partial charge is 0.486 e. The number of amides is 1. The molecular weight excluding hydrogens is 456 g/mol. The van der Waals surface area contributed by atoms with E-state index >= 15 is 0 Å². The van der Waals surface area contributed by atoms with E-state index in [1.54, 1.807) is 12.1 Å². The third kappa shape index (κ3) is 3.93. The number of Topliss-reactive ketones (excluding diaryl/α,β-unsaturated/α-hetero) is 1. The highest BCUT2D eigenvalue weighted by Crippen LogP contribution is 2.40. The molecule has 5 rings (SSSR count). The van der Waals surface area contributed by atoms with Gasteiger partial charge in [0.05, 0.1) is 30.2 Å². The van der Waals surface area contributed by atoms with Crippen LogP contribution in [0.1, 0.15) is 32.9 Å². The van der Waals surface area contributed by atoms with Gasteiger partial charge < -0.3 is 9.47 Å². The summed E-state index contributed by atoms with van der Waals surface area (Å²) >= 11 is 6.33. The molecule has 2 aliphatic heterocycles. The molecule has 176 valence electrons. The Morgan fingerprint density at radius 2 is 1.79 bits per heavy atom. The number of aromatic nitrogens is 2. The Labute approximate surface area is 202 Å². The zero-order valence-corrected chi connectivity index (χ0v) is 20.1. The summed E-state index contributed by atoms with van der Waals surface area (Å²) < 4.78 is 13.2. The number of anilines is 1. The van der Waals surface area contributed by atoms with Crippen molar-refractivity contribution in [3.05, 3.63) is 69.5 Å². The second kappa shape index (κ2) is 8.77. The van der Waals surface area contributed by atoms with E-state index in [0.717, 1.165) is 22.5 Å². The Morgan fingerprint density at radius 1 is 1.09 bits per heavy atom. The maximum absolute atomic E-state index is 12.8. The first-order valence-electron chi connectivity index (χ1n) is 11.1. The van der Waals surface area contributed by atoms with Crippen molar-refractivity contribution < 1.29 is 19.1 Å². The molecule has 8 nitrogen and oxygen atoms in total. The molecule has 9 heteroatoms. The molecule has 34 heavy (non-hydrogen) atoms. The average Bonchev–Trinajstić information content (AvgIpc) is 3.21. The molecule has 0 fully saturated rings. The highest BCUT2D eigenvalue weighted by Gasteiger charge is 2.38. The van der Waals surface area contributed by atoms with Gasteiger partial charge >= 0.3 is 5.91 Å². The summed E-state index contributed by atoms with van der Waals surface area (Å²) in [5.74, 6) is -0.0291. The standard InChI is InChI=1S/C25H25ClN4O4/c1-15-19(16(2)30(27-15)12-17-6-4-5-7-20(17)26)13-28(3)14-29-21-11-23-22(33-8-9-34-23)10-18(21)24(31)25(29)32/h4-7,10-11H,8-9,12-14H2,1-3H3. The zero-order valence-electron chi connectivity index (χ0n) is 19.3. The van der Waals surface area contributed by atoms with Gasteiger partial charge in [0.1, 0.15) is 13.2 Å². The van der Waals surface area contributed by atoms with Crippen LogP contribution in [-0.2, 0) is 17.9 Å². The van der Waals surface area contributed by atoms with Crippen LogP contribution in [0.3, 0.4) is 0 Å². The van der Waals surface area contributed by atoms with Gasteiger partial charge in [-0.15, -0.1) is 0 Å². The Kier molecular flexibility index (Phi) is 5.79. The Hall–Kier alpha value is -3.36. The van der Waals surface area contributed by atoms with Crippen molar-refractivity contribution in [2.24, 2.45) is 0 Å². The van der Waals surface area contributed by atoms with Crippen LogP contribution in [0.4, 0.5) is 5.69 Å². The fourth-order valence-corrected chi connectivity index (χ4v) is 4.63. The van der Waals surface area contributed by atoms with E-state index in [2.05, 4.69) is 0 Å². The van der Waals surface area contributed by atoms with Crippen molar-refractivity contribution in [1.82, 2.24) is 14.7 Å². The first-order valence-corrected chi connectivity index (χ1v) is 11.5. The van der Waals surface area contributed by atoms with Gasteiger partial charge in [0.15, 0.2) is 11.5 Å². The third-order valence-electron chi connectivity index (χ3n) is 6.26. The van der Waals surface area contributed by atoms with E-state index in [-0.39, 0.29) is 6.67 Å². The van der Waals surface area contributed by atoms with Crippen molar-refractivity contribution in [2.75, 3.05) is 31.8 Å². The van der Waals surface area contributed by atoms with Crippen LogP contribution in [0.2, 0.25) is 5.02 Å². The summed E-state index contributed by atoms with van der Waals surface area (Å²) in [5, 5.41) is 5.42. The highest BCUT2D eigenvalue weighted by molar-refractivity contribution is 6.52. The van der Waals surface area contributed by atoms with Crippen LogP contribution in [0, 0.1) is 13.8 Å². The molecule has 2 aromatic carbocycles. The number of nitrogens with zero attached hydrogens (tertiary/aromatic N) is 4. The lowest BCUT2D eigenvalue weighted by molar-refractivity contribution is -0.114. The lowest BCUT2D eigenvalue weighted by Gasteiger charge is -2.25. The van der Waals surface area contributed by atoms with Gasteiger partial charge in [-0.2, -0.15) is 5.10 Å². The molecule has 0 radical (unpaired) electrons. The monoisotopic (exact) mass is 480 g/mol. The number of halogens is 1. The van der Waals surface area contributed by atoms with Crippen LogP contribution < -0.4 is 14.4 Å². The number of benzene rings is 2. The molecular formula is C25H25ClN4O4. The highest BCUT2D eigenvalue weighted by atomic mass is 35.5. The number of aryl methyl sites for hydroxylation is 1. The second-order valence-electron chi connectivity index (χ2n) is 8.63. The van der Waals surface area contributed by atoms with Crippen molar-refractivity contribution in [2.45, 2.75) is 26.9 Å². The molecule has 2 aliphatic rings. The first kappa shape index (κ1) is 22.4. The van der Waals surface area contributed by atoms with Gasteiger partial charge in [0.25, 0.3) is 5.78 Å². The van der Waals surface area contributed by atoms with Gasteiger partial charge in [-0.25, -0.2) is 0 Å². The molecule has 0 bridgehead atoms. The number of ketones is 1. The zero-order chi connectivity index (χ0) is 24.0. The second-order valence-corrected chi connectivity index (χ2v) is 9.04. The topological polar surface area (TPSA) is 76.9 Å². The van der Waals surface area contributed by atoms with E-state index in [1.165, 1.54) is 4.90 Å². The Morgan fingerprint density at radius 3 is 2.53 bits per heavy atom. The summed E-state index contributed by atoms with van der Waals surface area (Å²) in [5.41, 5.74) is 4.93. The first-order chi connectivity index (χ1) is 16.3. The molecule has 0 aliphatic carbocycles. The molecule has 0 saturated carbocycles. The molecule has 0 atom stereocenters. The van der Waals surface area contributed by atoms with Gasteiger partial charge in [-0.05, 0) is 38.6 Å². The van der Waals surface area contributed by atoms with Gasteiger partial charge in [0.2, 0.25) is 0 Å². The van der Waals surface area contributed by atoms with Gasteiger partial charge in [-0.3, -0.25) is 24.1 Å². The van der Waals surface area contributed by atoms with Crippen molar-refractivity contribution in [3.63, 3.8) is 0 Å². The molecule has 3 heterocycles. The quantitative estimate of drug-likeness (QED) is 0.502. The minimum absolute atomic E-state index is 0.256. The van der Waals surface area contributed by atoms with Crippen molar-refractivity contribution in [1.29, 1.82) is 0 Å². The Bertz CT molecular complexity index is 1300. The number of carbonyl (C=O) groups is 2. The summed E-state index contributed by atoms with van der Waals surface area (Å²) in [6.07, 6.45) is 0. The smallest absolute Gasteiger partial charge is 0.300 e. The number of rotatable bonds is 6. The minimum atomic E-state index is -0.549. The molecule has 1 aromatic heterocycles. The molecule has 0 unspecified atom stereocenters. The maximum Gasteiger partial charge on any atom is 0.300 e. The summed E-state index contributed by atoms with van der Waals surface area (Å²) in [6, 6.07) is 11.1. The summed E-state index contributed by atoms with van der Waals surface area (Å²) in [4.78, 5) is 28.9. The van der Waals surface area contributed by atoms with Crippen molar-refractivity contribution >= 4 is 29.0 Å². The van der Waals surface area contributed by atoms with E-state index in [1.807, 2.05) is 54.7 Å². The normalized spacial score (nSPS) is 14.8. The fraction of sp³-hybridized carbons (Fsp3) is 0.320. The van der Waals surface area contributed by atoms with Crippen LogP contribution in [0.15, 0.2) is 36.4 Å². The number of ether oxygens (including phenoxy) is 2. The summed E-state index contributed by atoms with van der Waals surface area (Å²) in [7, 11) is 1.91. The molecule has 1 amide bonds. The average molecular weight is 481 g/mol. The number of carbonyl (C=O) groups excluding carboxylic acids is 2. The minimum Gasteiger partial charge on any atom is -0.486 e. The van der Waals surface area contributed by atoms with E-state index in [0.29, 0.717) is 54.1 Å². The predicted octanol–water partition coefficient (Wildman–Crippen LogP) is 3.59. The van der Waals surface area contributed by atoms with Gasteiger partial charge in [-0.1, -0.05) is 29.8 Å². The maximum atomic E-state index is 12.8. The van der Waals surface area contributed by atoms with Crippen LogP contribution in [0.5, 0.6) is 11.5 Å². The Balaban J connectivity index is 1.35. The lowest BCUT2D eigenvalue weighted by Crippen LogP contribution is -2.39. The molecule has 0 saturated heterocycles.